The second-order valence-electron chi connectivity index (χ2n) is 8.62. The van der Waals surface area contributed by atoms with Gasteiger partial charge in [-0.15, -0.1) is 0 Å². The molecule has 1 aliphatic heterocycles. The number of nitrogens with zero attached hydrogens (tertiary/aromatic N) is 3. The summed E-state index contributed by atoms with van der Waals surface area (Å²) in [5, 5.41) is 9.37. The Morgan fingerprint density at radius 2 is 1.83 bits per heavy atom. The van der Waals surface area contributed by atoms with Crippen molar-refractivity contribution in [3.8, 4) is 11.1 Å². The van der Waals surface area contributed by atoms with Crippen LogP contribution in [0.15, 0.2) is 48.8 Å². The summed E-state index contributed by atoms with van der Waals surface area (Å²) >= 11 is 0. The lowest BCUT2D eigenvalue weighted by molar-refractivity contribution is 0.0697. The molecule has 0 saturated carbocycles. The van der Waals surface area contributed by atoms with Gasteiger partial charge < -0.3 is 19.3 Å². The zero-order valence-electron chi connectivity index (χ0n) is 18.1. The van der Waals surface area contributed by atoms with E-state index in [2.05, 4.69) is 55.1 Å². The summed E-state index contributed by atoms with van der Waals surface area (Å²) in [6, 6.07) is 12.7. The van der Waals surface area contributed by atoms with E-state index in [9.17, 15) is 9.90 Å². The van der Waals surface area contributed by atoms with Crippen LogP contribution in [0, 0.1) is 6.92 Å². The second-order valence-corrected chi connectivity index (χ2v) is 8.62. The smallest absolute Gasteiger partial charge is 0.335 e. The van der Waals surface area contributed by atoms with Crippen LogP contribution < -0.4 is 0 Å². The number of aromatic carboxylic acids is 1. The third kappa shape index (κ3) is 4.13. The van der Waals surface area contributed by atoms with Crippen LogP contribution in [-0.4, -0.2) is 65.0 Å². The van der Waals surface area contributed by atoms with Gasteiger partial charge in [0, 0.05) is 30.5 Å². The monoisotopic (exact) mass is 405 g/mol. The van der Waals surface area contributed by atoms with Gasteiger partial charge in [0.1, 0.15) is 0 Å². The highest BCUT2D eigenvalue weighted by Crippen LogP contribution is 2.31. The Morgan fingerprint density at radius 3 is 2.53 bits per heavy atom. The molecule has 1 saturated heterocycles. The van der Waals surface area contributed by atoms with Gasteiger partial charge in [-0.2, -0.15) is 0 Å². The topological polar surface area (TPSA) is 48.2 Å². The Hall–Kier alpha value is -2.63. The van der Waals surface area contributed by atoms with E-state index in [4.69, 9.17) is 0 Å². The summed E-state index contributed by atoms with van der Waals surface area (Å²) in [7, 11) is 4.36. The van der Waals surface area contributed by atoms with E-state index in [-0.39, 0.29) is 0 Å². The predicted octanol–water partition coefficient (Wildman–Crippen LogP) is 4.18. The summed E-state index contributed by atoms with van der Waals surface area (Å²) in [4.78, 5) is 16.3. The van der Waals surface area contributed by atoms with Crippen LogP contribution in [-0.2, 0) is 6.42 Å². The molecule has 0 bridgehead atoms. The summed E-state index contributed by atoms with van der Waals surface area (Å²) < 4.78 is 1.99. The number of hydrogen-bond donors (Lipinski definition) is 1. The fraction of sp³-hybridized carbons (Fsp3) is 0.400. The minimum atomic E-state index is -0.895. The van der Waals surface area contributed by atoms with Crippen LogP contribution in [0.4, 0.5) is 0 Å². The lowest BCUT2D eigenvalue weighted by Gasteiger charge is -2.35. The molecule has 2 aromatic heterocycles. The molecule has 0 atom stereocenters. The van der Waals surface area contributed by atoms with E-state index in [0.29, 0.717) is 11.6 Å². The number of carbonyl (C=O) groups is 1. The number of benzene rings is 1. The van der Waals surface area contributed by atoms with Crippen LogP contribution in [0.2, 0.25) is 0 Å². The average molecular weight is 406 g/mol. The highest BCUT2D eigenvalue weighted by molar-refractivity contribution is 5.92. The van der Waals surface area contributed by atoms with Gasteiger partial charge in [0.15, 0.2) is 0 Å². The molecule has 158 valence electrons. The van der Waals surface area contributed by atoms with Crippen molar-refractivity contribution in [3.63, 3.8) is 0 Å². The third-order valence-corrected chi connectivity index (χ3v) is 6.63. The number of carboxylic acid groups (broad SMARTS) is 1. The van der Waals surface area contributed by atoms with Crippen molar-refractivity contribution in [2.45, 2.75) is 32.2 Å². The number of aromatic nitrogens is 1. The molecule has 3 aromatic rings. The van der Waals surface area contributed by atoms with Crippen LogP contribution >= 0.6 is 0 Å². The molecule has 5 nitrogen and oxygen atoms in total. The number of pyridine rings is 1. The number of fused-ring (bicyclic) bond motifs is 1. The van der Waals surface area contributed by atoms with E-state index < -0.39 is 5.97 Å². The highest BCUT2D eigenvalue weighted by Gasteiger charge is 2.20. The van der Waals surface area contributed by atoms with E-state index in [0.717, 1.165) is 24.0 Å². The highest BCUT2D eigenvalue weighted by atomic mass is 16.4. The SMILES string of the molecule is Cc1c(CCN2CCC(N(C)C)CC2)cccc1-c1ccn2ccc(C(=O)O)cc12. The Labute approximate surface area is 178 Å². The van der Waals surface area contributed by atoms with Gasteiger partial charge in [0.25, 0.3) is 0 Å². The molecule has 5 heteroatoms. The minimum Gasteiger partial charge on any atom is -0.478 e. The van der Waals surface area contributed by atoms with E-state index >= 15 is 0 Å². The molecule has 3 heterocycles. The molecule has 1 N–H and O–H groups in total. The molecule has 0 spiro atoms. The van der Waals surface area contributed by atoms with E-state index in [1.807, 2.05) is 16.8 Å². The first-order valence-electron chi connectivity index (χ1n) is 10.8. The average Bonchev–Trinajstić information content (AvgIpc) is 3.16. The molecule has 30 heavy (non-hydrogen) atoms. The molecule has 0 aliphatic carbocycles. The Balaban J connectivity index is 1.53. The number of rotatable bonds is 6. The zero-order valence-corrected chi connectivity index (χ0v) is 18.1. The predicted molar refractivity (Wildman–Crippen MR) is 121 cm³/mol. The molecule has 1 fully saturated rings. The summed E-state index contributed by atoms with van der Waals surface area (Å²) in [6.45, 7) is 5.62. The lowest BCUT2D eigenvalue weighted by atomic mass is 9.95. The molecule has 0 amide bonds. The van der Waals surface area contributed by atoms with Gasteiger partial charge in [-0.05, 0) is 88.3 Å². The second kappa shape index (κ2) is 8.62. The number of likely N-dealkylation sites (tertiary alicyclic amines) is 1. The van der Waals surface area contributed by atoms with Crippen molar-refractivity contribution >= 4 is 11.5 Å². The van der Waals surface area contributed by atoms with Crippen LogP contribution in [0.5, 0.6) is 0 Å². The van der Waals surface area contributed by atoms with Crippen molar-refractivity contribution < 1.29 is 9.90 Å². The fourth-order valence-electron chi connectivity index (χ4n) is 4.64. The normalized spacial score (nSPS) is 15.9. The van der Waals surface area contributed by atoms with Crippen LogP contribution in [0.3, 0.4) is 0 Å². The standard InChI is InChI=1S/C25H31N3O2/c1-18-19(7-12-27-13-9-21(10-14-27)26(2)3)5-4-6-22(18)23-11-16-28-15-8-20(25(29)30)17-24(23)28/h4-6,8,11,15-17,21H,7,9-10,12-14H2,1-3H3,(H,29,30). The van der Waals surface area contributed by atoms with Gasteiger partial charge in [0.2, 0.25) is 0 Å². The molecule has 1 aliphatic rings. The quantitative estimate of drug-likeness (QED) is 0.668. The Bertz CT molecular complexity index is 1050. The number of hydrogen-bond acceptors (Lipinski definition) is 3. The lowest BCUT2D eigenvalue weighted by Crippen LogP contribution is -2.42. The van der Waals surface area contributed by atoms with Crippen molar-refractivity contribution in [1.82, 2.24) is 14.2 Å². The van der Waals surface area contributed by atoms with Gasteiger partial charge in [-0.25, -0.2) is 4.79 Å². The minimum absolute atomic E-state index is 0.317. The largest absolute Gasteiger partial charge is 0.478 e. The first-order valence-corrected chi connectivity index (χ1v) is 10.8. The first kappa shape index (κ1) is 20.6. The van der Waals surface area contributed by atoms with E-state index in [1.54, 1.807) is 12.1 Å². The molecule has 1 aromatic carbocycles. The third-order valence-electron chi connectivity index (χ3n) is 6.63. The molecule has 0 unspecified atom stereocenters. The molecule has 0 radical (unpaired) electrons. The maximum Gasteiger partial charge on any atom is 0.335 e. The molecule has 4 rings (SSSR count). The van der Waals surface area contributed by atoms with Gasteiger partial charge >= 0.3 is 5.97 Å². The summed E-state index contributed by atoms with van der Waals surface area (Å²) in [5.74, 6) is -0.895. The maximum atomic E-state index is 11.4. The molecular weight excluding hydrogens is 374 g/mol. The fourth-order valence-corrected chi connectivity index (χ4v) is 4.64. The van der Waals surface area contributed by atoms with Gasteiger partial charge in [-0.1, -0.05) is 18.2 Å². The Kier molecular flexibility index (Phi) is 5.93. The van der Waals surface area contributed by atoms with Crippen molar-refractivity contribution in [2.24, 2.45) is 0 Å². The first-order chi connectivity index (χ1) is 14.4. The van der Waals surface area contributed by atoms with Gasteiger partial charge in [0.05, 0.1) is 11.1 Å². The van der Waals surface area contributed by atoms with Gasteiger partial charge in [-0.3, -0.25) is 0 Å². The van der Waals surface area contributed by atoms with Crippen LogP contribution in [0.25, 0.3) is 16.6 Å². The van der Waals surface area contributed by atoms with Crippen molar-refractivity contribution in [2.75, 3.05) is 33.7 Å². The summed E-state index contributed by atoms with van der Waals surface area (Å²) in [5.41, 5.74) is 6.18. The van der Waals surface area contributed by atoms with Crippen LogP contribution in [0.1, 0.15) is 34.3 Å². The summed E-state index contributed by atoms with van der Waals surface area (Å²) in [6.07, 6.45) is 7.35. The van der Waals surface area contributed by atoms with Crippen molar-refractivity contribution in [3.05, 3.63) is 65.5 Å². The number of carboxylic acids is 1. The maximum absolute atomic E-state index is 11.4. The molecular formula is C25H31N3O2. The van der Waals surface area contributed by atoms with E-state index in [1.165, 1.54) is 42.6 Å². The van der Waals surface area contributed by atoms with Crippen molar-refractivity contribution in [1.29, 1.82) is 0 Å². The zero-order chi connectivity index (χ0) is 21.3. The number of piperidine rings is 1. The Morgan fingerprint density at radius 1 is 1.10 bits per heavy atom.